The van der Waals surface area contributed by atoms with Gasteiger partial charge in [0.15, 0.2) is 0 Å². The minimum atomic E-state index is -0.557. The molecule has 5 nitrogen and oxygen atoms in total. The van der Waals surface area contributed by atoms with E-state index in [4.69, 9.17) is 16.3 Å². The zero-order chi connectivity index (χ0) is 15.6. The van der Waals surface area contributed by atoms with E-state index >= 15 is 0 Å². The predicted molar refractivity (Wildman–Crippen MR) is 81.8 cm³/mol. The third kappa shape index (κ3) is 3.74. The highest BCUT2D eigenvalue weighted by atomic mass is 35.5. The third-order valence-corrected chi connectivity index (χ3v) is 3.53. The van der Waals surface area contributed by atoms with E-state index in [9.17, 15) is 9.90 Å². The van der Waals surface area contributed by atoms with Gasteiger partial charge < -0.3 is 9.84 Å². The van der Waals surface area contributed by atoms with Crippen LogP contribution in [0.1, 0.15) is 31.4 Å². The number of hydrazone groups is 1. The first-order valence-electron chi connectivity index (χ1n) is 6.86. The number of rotatable bonds is 4. The summed E-state index contributed by atoms with van der Waals surface area (Å²) in [7, 11) is 0. The van der Waals surface area contributed by atoms with Crippen molar-refractivity contribution >= 4 is 23.2 Å². The van der Waals surface area contributed by atoms with Gasteiger partial charge in [-0.1, -0.05) is 18.5 Å². The second kappa shape index (κ2) is 6.45. The van der Waals surface area contributed by atoms with E-state index in [0.717, 1.165) is 16.8 Å². The molecule has 2 N–H and O–H groups in total. The summed E-state index contributed by atoms with van der Waals surface area (Å²) in [4.78, 5) is 11.3. The Balaban J connectivity index is 2.29. The summed E-state index contributed by atoms with van der Waals surface area (Å²) >= 11 is 6.26. The molecule has 21 heavy (non-hydrogen) atoms. The first-order chi connectivity index (χ1) is 9.88. The normalized spacial score (nSPS) is 19.8. The first kappa shape index (κ1) is 15.8. The largest absolute Gasteiger partial charge is 0.489 e. The fourth-order valence-electron chi connectivity index (χ4n) is 2.27. The molecule has 0 saturated heterocycles. The van der Waals surface area contributed by atoms with E-state index in [1.165, 1.54) is 0 Å². The van der Waals surface area contributed by atoms with Crippen LogP contribution in [0.5, 0.6) is 5.75 Å². The molecule has 2 atom stereocenters. The molecule has 1 aliphatic heterocycles. The number of benzene rings is 1. The van der Waals surface area contributed by atoms with Crippen LogP contribution in [-0.4, -0.2) is 29.4 Å². The van der Waals surface area contributed by atoms with Gasteiger partial charge in [0.1, 0.15) is 12.4 Å². The SMILES string of the molecule is Cc1cc(C2=NNC(=O)CC2C)cc(Cl)c1OC[C@@H](C)O. The monoisotopic (exact) mass is 310 g/mol. The number of ether oxygens (including phenoxy) is 1. The van der Waals surface area contributed by atoms with Crippen molar-refractivity contribution in [3.8, 4) is 5.75 Å². The molecule has 6 heteroatoms. The van der Waals surface area contributed by atoms with E-state index in [-0.39, 0.29) is 18.4 Å². The number of nitrogens with zero attached hydrogens (tertiary/aromatic N) is 1. The minimum absolute atomic E-state index is 0.0402. The van der Waals surface area contributed by atoms with Crippen LogP contribution in [-0.2, 0) is 4.79 Å². The smallest absolute Gasteiger partial charge is 0.240 e. The number of hydrogen-bond donors (Lipinski definition) is 2. The lowest BCUT2D eigenvalue weighted by Gasteiger charge is -2.20. The average molecular weight is 311 g/mol. The molecule has 1 aromatic carbocycles. The molecule has 1 unspecified atom stereocenters. The van der Waals surface area contributed by atoms with Crippen LogP contribution in [0.25, 0.3) is 0 Å². The molecule has 1 aliphatic rings. The van der Waals surface area contributed by atoms with Crippen LogP contribution >= 0.6 is 11.6 Å². The Morgan fingerprint density at radius 2 is 2.29 bits per heavy atom. The van der Waals surface area contributed by atoms with Gasteiger partial charge in [-0.2, -0.15) is 5.10 Å². The zero-order valence-electron chi connectivity index (χ0n) is 12.3. The van der Waals surface area contributed by atoms with Crippen molar-refractivity contribution in [2.75, 3.05) is 6.61 Å². The third-order valence-electron chi connectivity index (χ3n) is 3.25. The van der Waals surface area contributed by atoms with Crippen LogP contribution in [0.15, 0.2) is 17.2 Å². The Hall–Kier alpha value is -1.59. The van der Waals surface area contributed by atoms with Gasteiger partial charge in [0.05, 0.1) is 16.8 Å². The van der Waals surface area contributed by atoms with Crippen molar-refractivity contribution in [3.63, 3.8) is 0 Å². The lowest BCUT2D eigenvalue weighted by Crippen LogP contribution is -2.32. The second-order valence-corrected chi connectivity index (χ2v) is 5.81. The number of carbonyl (C=O) groups excluding carboxylic acids is 1. The first-order valence-corrected chi connectivity index (χ1v) is 7.24. The molecule has 0 radical (unpaired) electrons. The van der Waals surface area contributed by atoms with Gasteiger partial charge in [0.25, 0.3) is 0 Å². The standard InChI is InChI=1S/C15H19ClN2O3/c1-8-5-13(20)17-18-14(8)11-4-9(2)15(12(16)6-11)21-7-10(3)19/h4,6,8,10,19H,5,7H2,1-3H3,(H,17,20)/t8?,10-/m1/s1. The number of hydrogen-bond acceptors (Lipinski definition) is 4. The number of aliphatic hydroxyl groups excluding tert-OH is 1. The van der Waals surface area contributed by atoms with E-state index in [2.05, 4.69) is 10.5 Å². The molecule has 0 saturated carbocycles. The topological polar surface area (TPSA) is 70.9 Å². The summed E-state index contributed by atoms with van der Waals surface area (Å²) in [6.07, 6.45) is -0.145. The maximum Gasteiger partial charge on any atom is 0.240 e. The molecule has 0 bridgehead atoms. The van der Waals surface area contributed by atoms with Crippen LogP contribution in [0.2, 0.25) is 5.02 Å². The quantitative estimate of drug-likeness (QED) is 0.896. The Bertz CT molecular complexity index is 561. The Kier molecular flexibility index (Phi) is 4.85. The maximum atomic E-state index is 11.3. The van der Waals surface area contributed by atoms with E-state index in [0.29, 0.717) is 17.2 Å². The molecule has 1 amide bonds. The summed E-state index contributed by atoms with van der Waals surface area (Å²) in [5.41, 5.74) is 5.04. The molecule has 0 fully saturated rings. The zero-order valence-corrected chi connectivity index (χ0v) is 13.1. The fourth-order valence-corrected chi connectivity index (χ4v) is 2.59. The van der Waals surface area contributed by atoms with Crippen molar-refractivity contribution in [1.82, 2.24) is 5.43 Å². The lowest BCUT2D eigenvalue weighted by atomic mass is 9.93. The number of halogens is 1. The van der Waals surface area contributed by atoms with Gasteiger partial charge in [-0.15, -0.1) is 0 Å². The van der Waals surface area contributed by atoms with Gasteiger partial charge in [-0.3, -0.25) is 4.79 Å². The average Bonchev–Trinajstić information content (AvgIpc) is 2.37. The van der Waals surface area contributed by atoms with Crippen molar-refractivity contribution in [1.29, 1.82) is 0 Å². The predicted octanol–water partition coefficient (Wildman–Crippen LogP) is 2.27. The van der Waals surface area contributed by atoms with Crippen LogP contribution < -0.4 is 10.2 Å². The van der Waals surface area contributed by atoms with Crippen molar-refractivity contribution in [3.05, 3.63) is 28.3 Å². The highest BCUT2D eigenvalue weighted by Gasteiger charge is 2.23. The van der Waals surface area contributed by atoms with Crippen molar-refractivity contribution in [2.24, 2.45) is 11.0 Å². The summed E-state index contributed by atoms with van der Waals surface area (Å²) in [5.74, 6) is 0.527. The molecular formula is C15H19ClN2O3. The number of aryl methyl sites for hydroxylation is 1. The highest BCUT2D eigenvalue weighted by Crippen LogP contribution is 2.31. The molecule has 0 aliphatic carbocycles. The molecule has 0 aromatic heterocycles. The van der Waals surface area contributed by atoms with Gasteiger partial charge >= 0.3 is 0 Å². The molecule has 2 rings (SSSR count). The Labute approximate surface area is 128 Å². The van der Waals surface area contributed by atoms with Gasteiger partial charge in [-0.05, 0) is 31.5 Å². The van der Waals surface area contributed by atoms with Crippen molar-refractivity contribution in [2.45, 2.75) is 33.3 Å². The summed E-state index contributed by atoms with van der Waals surface area (Å²) in [6, 6.07) is 3.70. The van der Waals surface area contributed by atoms with Crippen LogP contribution in [0.3, 0.4) is 0 Å². The highest BCUT2D eigenvalue weighted by molar-refractivity contribution is 6.32. The van der Waals surface area contributed by atoms with Crippen molar-refractivity contribution < 1.29 is 14.6 Å². The van der Waals surface area contributed by atoms with E-state index in [1.807, 2.05) is 19.9 Å². The number of nitrogens with one attached hydrogen (secondary N) is 1. The van der Waals surface area contributed by atoms with Gasteiger partial charge in [0, 0.05) is 17.9 Å². The fraction of sp³-hybridized carbons (Fsp3) is 0.467. The van der Waals surface area contributed by atoms with Gasteiger partial charge in [0.2, 0.25) is 5.91 Å². The number of carbonyl (C=O) groups is 1. The minimum Gasteiger partial charge on any atom is -0.489 e. The van der Waals surface area contributed by atoms with Crippen LogP contribution in [0, 0.1) is 12.8 Å². The lowest BCUT2D eigenvalue weighted by molar-refractivity contribution is -0.121. The van der Waals surface area contributed by atoms with E-state index in [1.54, 1.807) is 13.0 Å². The molecule has 1 heterocycles. The summed E-state index contributed by atoms with van der Waals surface area (Å²) in [5, 5.41) is 13.9. The van der Waals surface area contributed by atoms with Gasteiger partial charge in [-0.25, -0.2) is 5.43 Å². The van der Waals surface area contributed by atoms with E-state index < -0.39 is 6.10 Å². The molecule has 114 valence electrons. The second-order valence-electron chi connectivity index (χ2n) is 5.40. The summed E-state index contributed by atoms with van der Waals surface area (Å²) < 4.78 is 5.52. The van der Waals surface area contributed by atoms with Crippen LogP contribution in [0.4, 0.5) is 0 Å². The molecular weight excluding hydrogens is 292 g/mol. The Morgan fingerprint density at radius 3 is 2.86 bits per heavy atom. The number of amides is 1. The number of aliphatic hydroxyl groups is 1. The maximum absolute atomic E-state index is 11.3. The Morgan fingerprint density at radius 1 is 1.57 bits per heavy atom. The molecule has 1 aromatic rings. The molecule has 0 spiro atoms. The summed E-state index contributed by atoms with van der Waals surface area (Å²) in [6.45, 7) is 5.68.